The zero-order valence-corrected chi connectivity index (χ0v) is 19.2. The number of hydrogen-bond acceptors (Lipinski definition) is 4. The second-order valence-corrected chi connectivity index (χ2v) is 9.35. The van der Waals surface area contributed by atoms with Gasteiger partial charge in [-0.05, 0) is 78.6 Å². The van der Waals surface area contributed by atoms with Gasteiger partial charge in [0.05, 0.1) is 23.7 Å². The Kier molecular flexibility index (Phi) is 6.48. The monoisotopic (exact) mass is 493 g/mol. The number of fused-ring (bicyclic) bond motifs is 1. The molecule has 1 aliphatic carbocycles. The van der Waals surface area contributed by atoms with Crippen LogP contribution in [0.1, 0.15) is 60.6 Å². The van der Waals surface area contributed by atoms with Crippen molar-refractivity contribution in [3.63, 3.8) is 0 Å². The van der Waals surface area contributed by atoms with Crippen molar-refractivity contribution in [2.75, 3.05) is 12.4 Å². The lowest BCUT2D eigenvalue weighted by atomic mass is 9.72. The van der Waals surface area contributed by atoms with Gasteiger partial charge >= 0.3 is 5.97 Å². The lowest BCUT2D eigenvalue weighted by Crippen LogP contribution is -2.28. The minimum atomic E-state index is -0.259. The van der Waals surface area contributed by atoms with Crippen LogP contribution >= 0.6 is 27.5 Å². The molecule has 0 radical (unpaired) electrons. The van der Waals surface area contributed by atoms with Crippen LogP contribution in [0.15, 0.2) is 28.7 Å². The number of esters is 1. The van der Waals surface area contributed by atoms with E-state index in [9.17, 15) is 9.59 Å². The maximum absolute atomic E-state index is 12.8. The highest BCUT2D eigenvalue weighted by Gasteiger charge is 2.35. The third kappa shape index (κ3) is 4.28. The number of ether oxygens (including phenoxy) is 1. The second-order valence-electron chi connectivity index (χ2n) is 8.12. The van der Waals surface area contributed by atoms with Crippen LogP contribution in [-0.2, 0) is 16.1 Å². The van der Waals surface area contributed by atoms with Crippen molar-refractivity contribution < 1.29 is 14.3 Å². The van der Waals surface area contributed by atoms with Crippen molar-refractivity contribution in [2.24, 2.45) is 11.8 Å². The average Bonchev–Trinajstić information content (AvgIpc) is 3.21. The number of nitrogens with one attached hydrogen (secondary N) is 1. The molecule has 1 atom stereocenters. The number of rotatable bonds is 4. The molecule has 1 aromatic heterocycles. The predicted molar refractivity (Wildman–Crippen MR) is 119 cm³/mol. The van der Waals surface area contributed by atoms with Gasteiger partial charge in [0.2, 0.25) is 0 Å². The molecule has 160 valence electrons. The van der Waals surface area contributed by atoms with Gasteiger partial charge in [-0.2, -0.15) is 5.10 Å². The van der Waals surface area contributed by atoms with Crippen LogP contribution < -0.4 is 5.32 Å². The Morgan fingerprint density at radius 1 is 1.23 bits per heavy atom. The van der Waals surface area contributed by atoms with Gasteiger partial charge < -0.3 is 10.1 Å². The number of aryl methyl sites for hydroxylation is 1. The number of halogens is 2. The first-order valence-electron chi connectivity index (χ1n) is 10.4. The summed E-state index contributed by atoms with van der Waals surface area (Å²) < 4.78 is 7.63. The molecule has 1 amide bonds. The standard InChI is InChI=1S/C22H25BrClN3O3/c1-30-22(29)14-9-7-13(8-10-14)15-4-3-11-27-19(15)12-18(26-27)21(28)25-17-6-2-5-16(23)20(17)24/h2,5-6,12-15H,3-4,7-11H2,1H3,(H,25,28). The molecule has 2 aromatic rings. The van der Waals surface area contributed by atoms with Crippen LogP contribution in [-0.4, -0.2) is 28.8 Å². The number of anilines is 1. The second kappa shape index (κ2) is 9.10. The molecule has 1 unspecified atom stereocenters. The van der Waals surface area contributed by atoms with E-state index in [1.165, 1.54) is 7.11 Å². The first-order chi connectivity index (χ1) is 14.5. The molecule has 4 rings (SSSR count). The summed E-state index contributed by atoms with van der Waals surface area (Å²) in [5.41, 5.74) is 2.10. The van der Waals surface area contributed by atoms with E-state index in [1.807, 2.05) is 22.9 Å². The minimum Gasteiger partial charge on any atom is -0.469 e. The number of amides is 1. The fraction of sp³-hybridized carbons (Fsp3) is 0.500. The fourth-order valence-electron chi connectivity index (χ4n) is 4.82. The van der Waals surface area contributed by atoms with E-state index in [4.69, 9.17) is 16.3 Å². The van der Waals surface area contributed by atoms with Crippen LogP contribution in [0.25, 0.3) is 0 Å². The van der Waals surface area contributed by atoms with Gasteiger partial charge in [-0.3, -0.25) is 14.3 Å². The molecule has 2 aliphatic rings. The number of nitrogens with zero attached hydrogens (tertiary/aromatic N) is 2. The van der Waals surface area contributed by atoms with E-state index >= 15 is 0 Å². The Bertz CT molecular complexity index is 953. The van der Waals surface area contributed by atoms with Gasteiger partial charge in [0, 0.05) is 22.6 Å². The lowest BCUT2D eigenvalue weighted by molar-refractivity contribution is -0.146. The molecule has 0 spiro atoms. The smallest absolute Gasteiger partial charge is 0.308 e. The zero-order valence-electron chi connectivity index (χ0n) is 16.9. The topological polar surface area (TPSA) is 73.2 Å². The van der Waals surface area contributed by atoms with Crippen LogP contribution in [0.2, 0.25) is 5.02 Å². The van der Waals surface area contributed by atoms with Crippen molar-refractivity contribution in [1.29, 1.82) is 0 Å². The van der Waals surface area contributed by atoms with E-state index in [0.717, 1.165) is 55.2 Å². The molecule has 1 aromatic carbocycles. The summed E-state index contributed by atoms with van der Waals surface area (Å²) in [6, 6.07) is 7.35. The van der Waals surface area contributed by atoms with Gasteiger partial charge in [0.25, 0.3) is 5.91 Å². The summed E-state index contributed by atoms with van der Waals surface area (Å²) in [5.74, 6) is 0.561. The normalized spacial score (nSPS) is 23.5. The third-order valence-electron chi connectivity index (χ3n) is 6.38. The Hall–Kier alpha value is -1.86. The molecule has 30 heavy (non-hydrogen) atoms. The Morgan fingerprint density at radius 3 is 2.73 bits per heavy atom. The number of hydrogen-bond donors (Lipinski definition) is 1. The molecule has 8 heteroatoms. The largest absolute Gasteiger partial charge is 0.469 e. The molecule has 1 fully saturated rings. The molecule has 2 heterocycles. The number of methoxy groups -OCH3 is 1. The quantitative estimate of drug-likeness (QED) is 0.577. The molecule has 1 aliphatic heterocycles. The van der Waals surface area contributed by atoms with E-state index < -0.39 is 0 Å². The Balaban J connectivity index is 1.48. The fourth-order valence-corrected chi connectivity index (χ4v) is 5.36. The SMILES string of the molecule is COC(=O)C1CCC(C2CCCn3nc(C(=O)Nc4cccc(Br)c4Cl)cc32)CC1. The molecular weight excluding hydrogens is 470 g/mol. The van der Waals surface area contributed by atoms with Crippen LogP contribution in [0.3, 0.4) is 0 Å². The van der Waals surface area contributed by atoms with Crippen molar-refractivity contribution in [3.05, 3.63) is 45.1 Å². The Morgan fingerprint density at radius 2 is 2.00 bits per heavy atom. The molecule has 6 nitrogen and oxygen atoms in total. The summed E-state index contributed by atoms with van der Waals surface area (Å²) in [4.78, 5) is 24.6. The van der Waals surface area contributed by atoms with Gasteiger partial charge in [-0.25, -0.2) is 0 Å². The van der Waals surface area contributed by atoms with Crippen molar-refractivity contribution in [1.82, 2.24) is 9.78 Å². The third-order valence-corrected chi connectivity index (χ3v) is 7.68. The van der Waals surface area contributed by atoms with Crippen LogP contribution in [0.5, 0.6) is 0 Å². The van der Waals surface area contributed by atoms with Crippen LogP contribution in [0, 0.1) is 11.8 Å². The maximum Gasteiger partial charge on any atom is 0.308 e. The Labute approximate surface area is 189 Å². The zero-order chi connectivity index (χ0) is 21.3. The average molecular weight is 495 g/mol. The minimum absolute atomic E-state index is 0.0241. The molecule has 0 saturated heterocycles. The highest BCUT2D eigenvalue weighted by molar-refractivity contribution is 9.10. The van der Waals surface area contributed by atoms with Gasteiger partial charge in [-0.15, -0.1) is 0 Å². The number of aromatic nitrogens is 2. The van der Waals surface area contributed by atoms with E-state index in [2.05, 4.69) is 26.3 Å². The maximum atomic E-state index is 12.8. The summed E-state index contributed by atoms with van der Waals surface area (Å²) in [6.45, 7) is 0.828. The summed E-state index contributed by atoms with van der Waals surface area (Å²) >= 11 is 9.65. The van der Waals surface area contributed by atoms with E-state index in [0.29, 0.717) is 28.2 Å². The molecule has 1 N–H and O–H groups in total. The summed E-state index contributed by atoms with van der Waals surface area (Å²) in [7, 11) is 1.46. The lowest BCUT2D eigenvalue weighted by Gasteiger charge is -2.35. The first kappa shape index (κ1) is 21.4. The highest BCUT2D eigenvalue weighted by Crippen LogP contribution is 2.43. The predicted octanol–water partition coefficient (Wildman–Crippen LogP) is 5.41. The van der Waals surface area contributed by atoms with Gasteiger partial charge in [-0.1, -0.05) is 17.7 Å². The van der Waals surface area contributed by atoms with E-state index in [-0.39, 0.29) is 17.8 Å². The van der Waals surface area contributed by atoms with Gasteiger partial charge in [0.1, 0.15) is 0 Å². The van der Waals surface area contributed by atoms with Crippen molar-refractivity contribution in [2.45, 2.75) is 51.0 Å². The number of carbonyl (C=O) groups is 2. The van der Waals surface area contributed by atoms with E-state index in [1.54, 1.807) is 6.07 Å². The van der Waals surface area contributed by atoms with Crippen LogP contribution in [0.4, 0.5) is 5.69 Å². The molecular formula is C22H25BrClN3O3. The highest BCUT2D eigenvalue weighted by atomic mass is 79.9. The van der Waals surface area contributed by atoms with Crippen molar-refractivity contribution in [3.8, 4) is 0 Å². The van der Waals surface area contributed by atoms with Crippen molar-refractivity contribution >= 4 is 45.1 Å². The summed E-state index contributed by atoms with van der Waals surface area (Å²) in [5, 5.41) is 7.91. The van der Waals surface area contributed by atoms with Gasteiger partial charge in [0.15, 0.2) is 5.69 Å². The molecule has 1 saturated carbocycles. The summed E-state index contributed by atoms with van der Waals surface area (Å²) in [6.07, 6.45) is 5.90. The molecule has 0 bridgehead atoms. The first-order valence-corrected chi connectivity index (χ1v) is 11.6. The number of benzene rings is 1. The number of carbonyl (C=O) groups excluding carboxylic acids is 2.